The lowest BCUT2D eigenvalue weighted by atomic mass is 10.2. The lowest BCUT2D eigenvalue weighted by molar-refractivity contribution is 0.534. The van der Waals surface area contributed by atoms with Crippen LogP contribution in [0.5, 0.6) is 0 Å². The zero-order chi connectivity index (χ0) is 18.6. The van der Waals surface area contributed by atoms with Gasteiger partial charge in [-0.1, -0.05) is 36.0 Å². The minimum Gasteiger partial charge on any atom is -0.469 e. The fraction of sp³-hybridized carbons (Fsp3) is 0.150. The van der Waals surface area contributed by atoms with Gasteiger partial charge < -0.3 is 8.83 Å². The van der Waals surface area contributed by atoms with E-state index in [2.05, 4.69) is 21.8 Å². The second-order valence-electron chi connectivity index (χ2n) is 5.89. The monoisotopic (exact) mass is 378 g/mol. The van der Waals surface area contributed by atoms with Gasteiger partial charge in [0, 0.05) is 17.9 Å². The van der Waals surface area contributed by atoms with Crippen molar-refractivity contribution in [2.24, 2.45) is 0 Å². The van der Waals surface area contributed by atoms with Crippen molar-refractivity contribution >= 4 is 11.8 Å². The van der Waals surface area contributed by atoms with Gasteiger partial charge in [-0.2, -0.15) is 0 Å². The van der Waals surface area contributed by atoms with Crippen LogP contribution in [0.15, 0.2) is 75.6 Å². The lowest BCUT2D eigenvalue weighted by Crippen LogP contribution is -2.00. The van der Waals surface area contributed by atoms with Gasteiger partial charge in [0.1, 0.15) is 12.0 Å². The van der Waals surface area contributed by atoms with Crippen molar-refractivity contribution in [2.45, 2.75) is 24.4 Å². The molecule has 27 heavy (non-hydrogen) atoms. The van der Waals surface area contributed by atoms with E-state index < -0.39 is 0 Å². The predicted octanol–water partition coefficient (Wildman–Crippen LogP) is 4.98. The zero-order valence-corrected chi connectivity index (χ0v) is 15.6. The van der Waals surface area contributed by atoms with Gasteiger partial charge in [-0.25, -0.2) is 4.98 Å². The number of oxazole rings is 1. The first kappa shape index (κ1) is 17.4. The number of aryl methyl sites for hydroxylation is 1. The van der Waals surface area contributed by atoms with Crippen LogP contribution in [0.4, 0.5) is 0 Å². The third kappa shape index (κ3) is 3.59. The molecule has 136 valence electrons. The van der Waals surface area contributed by atoms with Crippen LogP contribution in [0.25, 0.3) is 22.8 Å². The number of hydrogen-bond acceptors (Lipinski definition) is 6. The molecule has 0 saturated carbocycles. The molecule has 6 nitrogen and oxygen atoms in total. The number of allylic oxidation sites excluding steroid dienone is 1. The van der Waals surface area contributed by atoms with Crippen molar-refractivity contribution in [3.05, 3.63) is 73.0 Å². The highest BCUT2D eigenvalue weighted by Gasteiger charge is 2.17. The van der Waals surface area contributed by atoms with Gasteiger partial charge in [-0.05, 0) is 25.1 Å². The summed E-state index contributed by atoms with van der Waals surface area (Å²) < 4.78 is 13.0. The van der Waals surface area contributed by atoms with Crippen LogP contribution in [0.1, 0.15) is 11.5 Å². The Bertz CT molecular complexity index is 1050. The summed E-state index contributed by atoms with van der Waals surface area (Å²) in [5, 5.41) is 9.48. The number of thioether (sulfide) groups is 1. The molecule has 0 amide bonds. The van der Waals surface area contributed by atoms with Crippen LogP contribution in [-0.4, -0.2) is 19.7 Å². The molecule has 7 heteroatoms. The number of benzene rings is 1. The van der Waals surface area contributed by atoms with Crippen molar-refractivity contribution in [1.82, 2.24) is 19.7 Å². The molecule has 0 saturated heterocycles. The number of furan rings is 1. The van der Waals surface area contributed by atoms with Crippen LogP contribution < -0.4 is 0 Å². The summed E-state index contributed by atoms with van der Waals surface area (Å²) >= 11 is 1.56. The van der Waals surface area contributed by atoms with Crippen molar-refractivity contribution in [1.29, 1.82) is 0 Å². The Morgan fingerprint density at radius 1 is 1.15 bits per heavy atom. The first-order valence-corrected chi connectivity index (χ1v) is 9.46. The summed E-state index contributed by atoms with van der Waals surface area (Å²) in [7, 11) is 0. The van der Waals surface area contributed by atoms with E-state index in [-0.39, 0.29) is 0 Å². The summed E-state index contributed by atoms with van der Waals surface area (Å²) in [5.41, 5.74) is 2.75. The Hall–Kier alpha value is -3.06. The van der Waals surface area contributed by atoms with E-state index in [1.54, 1.807) is 24.3 Å². The van der Waals surface area contributed by atoms with E-state index in [4.69, 9.17) is 8.83 Å². The minimum atomic E-state index is 0.614. The van der Waals surface area contributed by atoms with Crippen LogP contribution in [-0.2, 0) is 12.3 Å². The fourth-order valence-corrected chi connectivity index (χ4v) is 3.56. The standard InChI is InChI=1S/C20H18N4O2S/c1-3-10-24-18(17-9-11-25-14(17)2)22-23-20(24)27-13-16-12-26-19(21-16)15-7-5-4-6-8-15/h3-9,11-12H,1,10,13H2,2H3. The summed E-state index contributed by atoms with van der Waals surface area (Å²) in [5.74, 6) is 2.84. The van der Waals surface area contributed by atoms with E-state index in [1.807, 2.05) is 54.0 Å². The van der Waals surface area contributed by atoms with Gasteiger partial charge in [0.15, 0.2) is 11.0 Å². The van der Waals surface area contributed by atoms with E-state index >= 15 is 0 Å². The molecule has 3 heterocycles. The normalized spacial score (nSPS) is 11.0. The van der Waals surface area contributed by atoms with Gasteiger partial charge in [-0.3, -0.25) is 4.57 Å². The van der Waals surface area contributed by atoms with E-state index in [0.717, 1.165) is 33.6 Å². The Balaban J connectivity index is 1.53. The van der Waals surface area contributed by atoms with Crippen molar-refractivity contribution in [3.8, 4) is 22.8 Å². The lowest BCUT2D eigenvalue weighted by Gasteiger charge is -2.06. The van der Waals surface area contributed by atoms with E-state index in [1.165, 1.54) is 0 Å². The Kier molecular flexibility index (Phi) is 4.93. The second kappa shape index (κ2) is 7.67. The maximum Gasteiger partial charge on any atom is 0.226 e. The molecule has 0 N–H and O–H groups in total. The van der Waals surface area contributed by atoms with Gasteiger partial charge >= 0.3 is 0 Å². The molecule has 4 rings (SSSR count). The summed E-state index contributed by atoms with van der Waals surface area (Å²) in [4.78, 5) is 4.56. The summed E-state index contributed by atoms with van der Waals surface area (Å²) in [6.45, 7) is 6.37. The van der Waals surface area contributed by atoms with Crippen LogP contribution >= 0.6 is 11.8 Å². The molecule has 0 aliphatic rings. The molecule has 0 unspecified atom stereocenters. The molecule has 3 aromatic heterocycles. The average molecular weight is 378 g/mol. The highest BCUT2D eigenvalue weighted by Crippen LogP contribution is 2.29. The third-order valence-corrected chi connectivity index (χ3v) is 5.05. The molecular weight excluding hydrogens is 360 g/mol. The Morgan fingerprint density at radius 2 is 2.00 bits per heavy atom. The van der Waals surface area contributed by atoms with E-state index in [0.29, 0.717) is 18.2 Å². The molecule has 0 atom stereocenters. The topological polar surface area (TPSA) is 69.9 Å². The largest absolute Gasteiger partial charge is 0.469 e. The van der Waals surface area contributed by atoms with Crippen LogP contribution in [0.2, 0.25) is 0 Å². The highest BCUT2D eigenvalue weighted by molar-refractivity contribution is 7.98. The van der Waals surface area contributed by atoms with Crippen molar-refractivity contribution in [2.75, 3.05) is 0 Å². The predicted molar refractivity (Wildman–Crippen MR) is 104 cm³/mol. The first-order valence-electron chi connectivity index (χ1n) is 8.47. The first-order chi connectivity index (χ1) is 13.3. The number of rotatable bonds is 7. The van der Waals surface area contributed by atoms with Crippen LogP contribution in [0.3, 0.4) is 0 Å². The van der Waals surface area contributed by atoms with Crippen molar-refractivity contribution < 1.29 is 8.83 Å². The van der Waals surface area contributed by atoms with Crippen molar-refractivity contribution in [3.63, 3.8) is 0 Å². The maximum atomic E-state index is 5.60. The van der Waals surface area contributed by atoms with Crippen LogP contribution in [0, 0.1) is 6.92 Å². The minimum absolute atomic E-state index is 0.614. The molecule has 1 aromatic carbocycles. The Morgan fingerprint density at radius 3 is 2.74 bits per heavy atom. The summed E-state index contributed by atoms with van der Waals surface area (Å²) in [6, 6.07) is 11.7. The average Bonchev–Trinajstić information content (AvgIpc) is 3.41. The molecule has 0 radical (unpaired) electrons. The highest BCUT2D eigenvalue weighted by atomic mass is 32.2. The molecule has 0 spiro atoms. The molecule has 4 aromatic rings. The SMILES string of the molecule is C=CCn1c(SCc2coc(-c3ccccc3)n2)nnc1-c1ccoc1C. The smallest absolute Gasteiger partial charge is 0.226 e. The number of aromatic nitrogens is 4. The van der Waals surface area contributed by atoms with Gasteiger partial charge in [0.25, 0.3) is 0 Å². The second-order valence-corrected chi connectivity index (χ2v) is 6.84. The maximum absolute atomic E-state index is 5.60. The van der Waals surface area contributed by atoms with Gasteiger partial charge in [-0.15, -0.1) is 16.8 Å². The molecule has 0 bridgehead atoms. The molecular formula is C20H18N4O2S. The van der Waals surface area contributed by atoms with Gasteiger partial charge in [0.2, 0.25) is 5.89 Å². The molecule has 0 aliphatic heterocycles. The van der Waals surface area contributed by atoms with E-state index in [9.17, 15) is 0 Å². The molecule has 0 aliphatic carbocycles. The quantitative estimate of drug-likeness (QED) is 0.334. The fourth-order valence-electron chi connectivity index (χ4n) is 2.73. The zero-order valence-electron chi connectivity index (χ0n) is 14.8. The third-order valence-electron chi connectivity index (χ3n) is 4.05. The number of hydrogen-bond donors (Lipinski definition) is 0. The molecule has 0 fully saturated rings. The Labute approximate surface area is 160 Å². The van der Waals surface area contributed by atoms with Gasteiger partial charge in [0.05, 0.1) is 17.5 Å². The number of nitrogens with zero attached hydrogens (tertiary/aromatic N) is 4. The summed E-state index contributed by atoms with van der Waals surface area (Å²) in [6.07, 6.45) is 5.17.